The molecule has 1 N–H and O–H groups in total. The van der Waals surface area contributed by atoms with Crippen LogP contribution in [0.1, 0.15) is 27.7 Å². The number of aryl methyl sites for hydroxylation is 2. The predicted molar refractivity (Wildman–Crippen MR) is 107 cm³/mol. The minimum absolute atomic E-state index is 0.0909. The van der Waals surface area contributed by atoms with Crippen molar-refractivity contribution in [2.45, 2.75) is 19.9 Å². The van der Waals surface area contributed by atoms with Gasteiger partial charge >= 0.3 is 5.91 Å². The van der Waals surface area contributed by atoms with Gasteiger partial charge in [0, 0.05) is 11.1 Å². The van der Waals surface area contributed by atoms with Gasteiger partial charge in [-0.3, -0.25) is 14.5 Å². The van der Waals surface area contributed by atoms with E-state index in [1.807, 2.05) is 6.92 Å². The molecule has 1 saturated heterocycles. The fraction of sp³-hybridized carbons (Fsp3) is 0.143. The Morgan fingerprint density at radius 3 is 2.38 bits per heavy atom. The molecule has 1 fully saturated rings. The second-order valence-electron chi connectivity index (χ2n) is 6.66. The third-order valence-electron chi connectivity index (χ3n) is 4.69. The van der Waals surface area contributed by atoms with Gasteiger partial charge in [-0.25, -0.2) is 4.39 Å². The van der Waals surface area contributed by atoms with Crippen LogP contribution in [0.15, 0.2) is 54.1 Å². The molecule has 0 aliphatic carbocycles. The van der Waals surface area contributed by atoms with E-state index in [0.29, 0.717) is 10.6 Å². The van der Waals surface area contributed by atoms with E-state index in [4.69, 9.17) is 0 Å². The average molecular weight is 409 g/mol. The molecule has 146 valence electrons. The molecular formula is C21H16FN3O3S. The van der Waals surface area contributed by atoms with Crippen molar-refractivity contribution >= 4 is 33.9 Å². The molecule has 1 aromatic heterocycles. The Balaban J connectivity index is 1.97. The topological polar surface area (TPSA) is 83.4 Å². The van der Waals surface area contributed by atoms with Crippen LogP contribution in [0.2, 0.25) is 0 Å². The lowest BCUT2D eigenvalue weighted by Crippen LogP contribution is -2.29. The van der Waals surface area contributed by atoms with Crippen molar-refractivity contribution in [2.24, 2.45) is 0 Å². The third-order valence-corrected chi connectivity index (χ3v) is 5.53. The number of hydrogen-bond donors (Lipinski definition) is 1. The number of halogens is 1. The number of aliphatic hydroxyl groups excluding tert-OH is 1. The van der Waals surface area contributed by atoms with Crippen LogP contribution in [-0.4, -0.2) is 27.0 Å². The van der Waals surface area contributed by atoms with Crippen molar-refractivity contribution in [3.8, 4) is 0 Å². The Bertz CT molecular complexity index is 1150. The van der Waals surface area contributed by atoms with Crippen LogP contribution in [0, 0.1) is 19.7 Å². The summed E-state index contributed by atoms with van der Waals surface area (Å²) in [6.07, 6.45) is 0. The number of carbonyl (C=O) groups excluding carboxylic acids is 2. The highest BCUT2D eigenvalue weighted by Gasteiger charge is 2.49. The van der Waals surface area contributed by atoms with Crippen LogP contribution in [0.3, 0.4) is 0 Å². The molecule has 2 heterocycles. The maximum absolute atomic E-state index is 14.7. The first-order chi connectivity index (χ1) is 13.9. The summed E-state index contributed by atoms with van der Waals surface area (Å²) < 4.78 is 14.7. The van der Waals surface area contributed by atoms with Gasteiger partial charge in [0.15, 0.2) is 0 Å². The molecule has 0 spiro atoms. The number of Topliss-reactive ketones (excluding diaryl/α,β-unsaturated/α-hetero) is 1. The van der Waals surface area contributed by atoms with E-state index in [0.717, 1.165) is 21.8 Å². The molecule has 3 aromatic rings. The molecule has 1 aliphatic heterocycles. The average Bonchev–Trinajstić information content (AvgIpc) is 3.23. The number of carbonyl (C=O) groups is 2. The van der Waals surface area contributed by atoms with Crippen LogP contribution in [0.5, 0.6) is 0 Å². The maximum atomic E-state index is 14.7. The van der Waals surface area contributed by atoms with Crippen LogP contribution in [-0.2, 0) is 9.59 Å². The van der Waals surface area contributed by atoms with Crippen LogP contribution >= 0.6 is 11.3 Å². The van der Waals surface area contributed by atoms with Crippen molar-refractivity contribution in [3.05, 3.63) is 81.6 Å². The molecule has 29 heavy (non-hydrogen) atoms. The largest absolute Gasteiger partial charge is 0.507 e. The van der Waals surface area contributed by atoms with Gasteiger partial charge in [-0.15, -0.1) is 10.2 Å². The first kappa shape index (κ1) is 18.9. The van der Waals surface area contributed by atoms with Gasteiger partial charge in [0.05, 0.1) is 5.57 Å². The van der Waals surface area contributed by atoms with E-state index in [-0.39, 0.29) is 22.0 Å². The summed E-state index contributed by atoms with van der Waals surface area (Å²) >= 11 is 1.11. The molecule has 1 amide bonds. The van der Waals surface area contributed by atoms with Crippen molar-refractivity contribution in [2.75, 3.05) is 4.90 Å². The number of hydrogen-bond acceptors (Lipinski definition) is 6. The molecule has 8 heteroatoms. The molecule has 1 aliphatic rings. The highest BCUT2D eigenvalue weighted by molar-refractivity contribution is 7.15. The molecule has 1 atom stereocenters. The number of nitrogens with zero attached hydrogens (tertiary/aromatic N) is 3. The minimum Gasteiger partial charge on any atom is -0.507 e. The summed E-state index contributed by atoms with van der Waals surface area (Å²) in [4.78, 5) is 26.9. The quantitative estimate of drug-likeness (QED) is 0.403. The highest BCUT2D eigenvalue weighted by Crippen LogP contribution is 2.43. The number of aromatic nitrogens is 2. The second kappa shape index (κ2) is 7.21. The molecule has 0 saturated carbocycles. The Morgan fingerprint density at radius 1 is 1.07 bits per heavy atom. The molecule has 0 bridgehead atoms. The fourth-order valence-electron chi connectivity index (χ4n) is 3.27. The zero-order valence-electron chi connectivity index (χ0n) is 15.6. The van der Waals surface area contributed by atoms with Gasteiger partial charge < -0.3 is 5.11 Å². The van der Waals surface area contributed by atoms with E-state index < -0.39 is 23.5 Å². The van der Waals surface area contributed by atoms with Gasteiger partial charge in [0.1, 0.15) is 22.6 Å². The van der Waals surface area contributed by atoms with Gasteiger partial charge in [-0.1, -0.05) is 59.4 Å². The summed E-state index contributed by atoms with van der Waals surface area (Å²) in [5.41, 5.74) is 1.24. The number of aliphatic hydroxyl groups is 1. The monoisotopic (exact) mass is 409 g/mol. The van der Waals surface area contributed by atoms with Crippen molar-refractivity contribution < 1.29 is 19.1 Å². The minimum atomic E-state index is -1.15. The fourth-order valence-corrected chi connectivity index (χ4v) is 3.99. The van der Waals surface area contributed by atoms with E-state index in [1.165, 1.54) is 18.2 Å². The second-order valence-corrected chi connectivity index (χ2v) is 7.82. The Morgan fingerprint density at radius 2 is 1.76 bits per heavy atom. The van der Waals surface area contributed by atoms with Crippen LogP contribution in [0.25, 0.3) is 5.76 Å². The Labute approximate surface area is 169 Å². The highest BCUT2D eigenvalue weighted by atomic mass is 32.1. The Kier molecular flexibility index (Phi) is 4.71. The van der Waals surface area contributed by atoms with E-state index in [9.17, 15) is 19.1 Å². The zero-order valence-corrected chi connectivity index (χ0v) is 16.4. The lowest BCUT2D eigenvalue weighted by Gasteiger charge is -2.22. The molecule has 4 rings (SSSR count). The summed E-state index contributed by atoms with van der Waals surface area (Å²) in [5, 5.41) is 19.5. The molecule has 0 radical (unpaired) electrons. The molecule has 2 aromatic carbocycles. The standard InChI is InChI=1S/C21H16FN3O3S/c1-11-7-9-13(10-8-11)18(26)16-17(14-5-3-4-6-15(14)22)25(20(28)19(16)27)21-24-23-12(2)29-21/h3-10,17,26H,1-2H3/t17-/m0/s1. The van der Waals surface area contributed by atoms with Gasteiger partial charge in [0.2, 0.25) is 5.13 Å². The van der Waals surface area contributed by atoms with E-state index >= 15 is 0 Å². The SMILES string of the molecule is Cc1ccc(C(O)=C2C(=O)C(=O)N(c3nnc(C)s3)[C@H]2c2ccccc2F)cc1. The smallest absolute Gasteiger partial charge is 0.301 e. The van der Waals surface area contributed by atoms with Gasteiger partial charge in [-0.05, 0) is 19.9 Å². The van der Waals surface area contributed by atoms with Crippen molar-refractivity contribution in [1.29, 1.82) is 0 Å². The van der Waals surface area contributed by atoms with E-state index in [2.05, 4.69) is 10.2 Å². The lowest BCUT2D eigenvalue weighted by atomic mass is 9.95. The number of ketones is 1. The van der Waals surface area contributed by atoms with Gasteiger partial charge in [0.25, 0.3) is 5.78 Å². The Hall–Kier alpha value is -3.39. The van der Waals surface area contributed by atoms with Crippen molar-refractivity contribution in [1.82, 2.24) is 10.2 Å². The lowest BCUT2D eigenvalue weighted by molar-refractivity contribution is -0.132. The molecule has 0 unspecified atom stereocenters. The summed E-state index contributed by atoms with van der Waals surface area (Å²) in [6.45, 7) is 3.60. The normalized spacial score (nSPS) is 18.4. The number of rotatable bonds is 3. The summed E-state index contributed by atoms with van der Waals surface area (Å²) in [5.74, 6) is -2.74. The van der Waals surface area contributed by atoms with Crippen molar-refractivity contribution in [3.63, 3.8) is 0 Å². The first-order valence-corrected chi connectivity index (χ1v) is 9.62. The van der Waals surface area contributed by atoms with E-state index in [1.54, 1.807) is 37.3 Å². The zero-order chi connectivity index (χ0) is 20.7. The summed E-state index contributed by atoms with van der Waals surface area (Å²) in [6, 6.07) is 11.5. The molecular weight excluding hydrogens is 393 g/mol. The van der Waals surface area contributed by atoms with Gasteiger partial charge in [-0.2, -0.15) is 0 Å². The third kappa shape index (κ3) is 3.21. The first-order valence-electron chi connectivity index (χ1n) is 8.81. The maximum Gasteiger partial charge on any atom is 0.301 e. The summed E-state index contributed by atoms with van der Waals surface area (Å²) in [7, 11) is 0. The van der Waals surface area contributed by atoms with Crippen LogP contribution < -0.4 is 4.90 Å². The molecule has 6 nitrogen and oxygen atoms in total. The number of anilines is 1. The predicted octanol–water partition coefficient (Wildman–Crippen LogP) is 3.92. The number of benzene rings is 2. The number of amides is 1. The van der Waals surface area contributed by atoms with Crippen LogP contribution in [0.4, 0.5) is 9.52 Å².